The Balaban J connectivity index is 1.76. The molecule has 0 amide bonds. The Morgan fingerprint density at radius 2 is 2.04 bits per heavy atom. The lowest BCUT2D eigenvalue weighted by Crippen LogP contribution is -2.45. The molecule has 13 nitrogen and oxygen atoms in total. The molecule has 0 bridgehead atoms. The van der Waals surface area contributed by atoms with Gasteiger partial charge >= 0.3 is 0 Å². The summed E-state index contributed by atoms with van der Waals surface area (Å²) in [6, 6.07) is 3.33. The summed E-state index contributed by atoms with van der Waals surface area (Å²) in [6.45, 7) is 0. The topological polar surface area (TPSA) is 157 Å². The highest BCUT2D eigenvalue weighted by Gasteiger charge is 2.31. The van der Waals surface area contributed by atoms with Crippen LogP contribution in [0.3, 0.4) is 0 Å². The molecule has 4 aromatic rings. The Morgan fingerprint density at radius 3 is 2.74 bits per heavy atom. The monoisotopic (exact) mass is 381 g/mol. The van der Waals surface area contributed by atoms with E-state index >= 15 is 0 Å². The maximum atomic E-state index is 4.98. The standard InChI is InChI=1S/C13H7N11O2S/c1-3-14-21-16-7(1)13-15-11(9-6-27-23-18-9)12(8-5-26-22-17-8)24(19-13)10-2-4-25-20-10/h1-6H,(H,15,19). The molecule has 0 fully saturated rings. The quantitative estimate of drug-likeness (QED) is 0.519. The molecule has 5 heterocycles. The minimum atomic E-state index is 0.399. The van der Waals surface area contributed by atoms with E-state index in [4.69, 9.17) is 9.05 Å². The third-order valence-electron chi connectivity index (χ3n) is 3.49. The van der Waals surface area contributed by atoms with Crippen molar-refractivity contribution in [3.63, 3.8) is 0 Å². The SMILES string of the molecule is c1cc(C2=NC(c3csnn3)=C(c3conn3)N(c3ccon3)N2)nnn1. The Bertz CT molecular complexity index is 1090. The molecule has 27 heavy (non-hydrogen) atoms. The van der Waals surface area contributed by atoms with Crippen LogP contribution in [0.25, 0.3) is 11.4 Å². The lowest BCUT2D eigenvalue weighted by atomic mass is 10.2. The van der Waals surface area contributed by atoms with Crippen LogP contribution < -0.4 is 10.4 Å². The van der Waals surface area contributed by atoms with Crippen molar-refractivity contribution in [3.8, 4) is 0 Å². The second-order valence-electron chi connectivity index (χ2n) is 5.05. The summed E-state index contributed by atoms with van der Waals surface area (Å²) in [5, 5.41) is 30.3. The number of hydrogen-bond donors (Lipinski definition) is 1. The van der Waals surface area contributed by atoms with Crippen LogP contribution in [-0.4, -0.2) is 46.4 Å². The van der Waals surface area contributed by atoms with Gasteiger partial charge in [-0.3, -0.25) is 5.43 Å². The largest absolute Gasteiger partial charge is 0.363 e. The zero-order valence-corrected chi connectivity index (χ0v) is 14.0. The fourth-order valence-corrected chi connectivity index (χ4v) is 2.82. The third kappa shape index (κ3) is 2.69. The predicted octanol–water partition coefficient (Wildman–Crippen LogP) is 0.391. The van der Waals surface area contributed by atoms with Crippen LogP contribution in [0.4, 0.5) is 5.82 Å². The fourth-order valence-electron chi connectivity index (χ4n) is 2.38. The summed E-state index contributed by atoms with van der Waals surface area (Å²) in [5.74, 6) is 0.846. The molecule has 0 unspecified atom stereocenters. The Labute approximate surface area is 153 Å². The first-order chi connectivity index (χ1) is 13.4. The van der Waals surface area contributed by atoms with Crippen molar-refractivity contribution in [3.05, 3.63) is 53.3 Å². The van der Waals surface area contributed by atoms with Crippen LogP contribution in [0.15, 0.2) is 50.3 Å². The molecule has 1 aliphatic heterocycles. The Hall–Kier alpha value is -4.07. The van der Waals surface area contributed by atoms with E-state index in [0.717, 1.165) is 0 Å². The fraction of sp³-hybridized carbons (Fsp3) is 0. The van der Waals surface area contributed by atoms with E-state index in [-0.39, 0.29) is 0 Å². The number of nitrogens with one attached hydrogen (secondary N) is 1. The van der Waals surface area contributed by atoms with E-state index in [1.807, 2.05) is 0 Å². The minimum absolute atomic E-state index is 0.399. The van der Waals surface area contributed by atoms with Gasteiger partial charge in [0.15, 0.2) is 23.6 Å². The molecule has 0 spiro atoms. The molecular formula is C13H7N11O2S. The minimum Gasteiger partial charge on any atom is -0.363 e. The summed E-state index contributed by atoms with van der Waals surface area (Å²) in [7, 11) is 0. The molecule has 4 aromatic heterocycles. The normalized spacial score (nSPS) is 14.2. The number of hydrazine groups is 1. The number of amidine groups is 1. The molecule has 1 N–H and O–H groups in total. The summed E-state index contributed by atoms with van der Waals surface area (Å²) in [4.78, 5) is 4.64. The van der Waals surface area contributed by atoms with Gasteiger partial charge in [-0.05, 0) is 22.8 Å². The van der Waals surface area contributed by atoms with Gasteiger partial charge in [-0.15, -0.1) is 20.4 Å². The maximum Gasteiger partial charge on any atom is 0.195 e. The highest BCUT2D eigenvalue weighted by molar-refractivity contribution is 7.03. The van der Waals surface area contributed by atoms with Gasteiger partial charge in [0.05, 0.1) is 6.20 Å². The maximum absolute atomic E-state index is 4.98. The smallest absolute Gasteiger partial charge is 0.195 e. The third-order valence-corrected chi connectivity index (χ3v) is 4.00. The molecular weight excluding hydrogens is 374 g/mol. The summed E-state index contributed by atoms with van der Waals surface area (Å²) in [5.41, 5.74) is 5.51. The number of anilines is 1. The number of rotatable bonds is 4. The van der Waals surface area contributed by atoms with Gasteiger partial charge in [0.2, 0.25) is 0 Å². The van der Waals surface area contributed by atoms with Crippen molar-refractivity contribution in [1.82, 2.24) is 46.0 Å². The second kappa shape index (κ2) is 6.34. The van der Waals surface area contributed by atoms with Gasteiger partial charge in [0, 0.05) is 16.7 Å². The highest BCUT2D eigenvalue weighted by atomic mass is 32.1. The molecule has 0 atom stereocenters. The predicted molar refractivity (Wildman–Crippen MR) is 89.5 cm³/mol. The van der Waals surface area contributed by atoms with Gasteiger partial charge in [0.1, 0.15) is 29.0 Å². The number of aliphatic imine (C=N–C) groups is 1. The molecule has 0 saturated heterocycles. The first-order valence-electron chi connectivity index (χ1n) is 7.40. The highest BCUT2D eigenvalue weighted by Crippen LogP contribution is 2.33. The Kier molecular flexibility index (Phi) is 3.57. The van der Waals surface area contributed by atoms with Gasteiger partial charge in [-0.25, -0.2) is 10.0 Å². The summed E-state index contributed by atoms with van der Waals surface area (Å²) >= 11 is 1.19. The number of nitrogens with zero attached hydrogens (tertiary/aromatic N) is 10. The van der Waals surface area contributed by atoms with Gasteiger partial charge in [-0.2, -0.15) is 0 Å². The van der Waals surface area contributed by atoms with E-state index in [1.165, 1.54) is 30.3 Å². The van der Waals surface area contributed by atoms with Crippen LogP contribution in [0, 0.1) is 0 Å². The van der Waals surface area contributed by atoms with E-state index in [2.05, 4.69) is 50.9 Å². The van der Waals surface area contributed by atoms with Gasteiger partial charge in [0.25, 0.3) is 0 Å². The van der Waals surface area contributed by atoms with Crippen molar-refractivity contribution >= 4 is 34.6 Å². The number of hydrogen-bond acceptors (Lipinski definition) is 14. The zero-order chi connectivity index (χ0) is 18.1. The van der Waals surface area contributed by atoms with Gasteiger partial charge in [-0.1, -0.05) is 9.64 Å². The molecule has 5 rings (SSSR count). The van der Waals surface area contributed by atoms with Crippen LogP contribution in [0.2, 0.25) is 0 Å². The van der Waals surface area contributed by atoms with Crippen LogP contribution >= 0.6 is 11.5 Å². The van der Waals surface area contributed by atoms with Crippen molar-refractivity contribution < 1.29 is 9.05 Å². The first kappa shape index (κ1) is 15.2. The molecule has 0 radical (unpaired) electrons. The molecule has 14 heteroatoms. The van der Waals surface area contributed by atoms with E-state index in [1.54, 1.807) is 22.5 Å². The van der Waals surface area contributed by atoms with Crippen LogP contribution in [0.1, 0.15) is 17.1 Å². The molecule has 1 aliphatic rings. The summed E-state index contributed by atoms with van der Waals surface area (Å²) < 4.78 is 13.8. The molecule has 132 valence electrons. The van der Waals surface area contributed by atoms with Crippen molar-refractivity contribution in [2.45, 2.75) is 0 Å². The van der Waals surface area contributed by atoms with E-state index in [0.29, 0.717) is 40.1 Å². The average Bonchev–Trinajstić information content (AvgIpc) is 3.51. The number of aromatic nitrogens is 8. The lowest BCUT2D eigenvalue weighted by Gasteiger charge is -2.29. The van der Waals surface area contributed by atoms with Crippen molar-refractivity contribution in [2.75, 3.05) is 5.01 Å². The summed E-state index contributed by atoms with van der Waals surface area (Å²) in [6.07, 6.45) is 4.34. The van der Waals surface area contributed by atoms with Crippen LogP contribution in [0.5, 0.6) is 0 Å². The second-order valence-corrected chi connectivity index (χ2v) is 5.66. The molecule has 0 saturated carbocycles. The zero-order valence-electron chi connectivity index (χ0n) is 13.2. The first-order valence-corrected chi connectivity index (χ1v) is 8.23. The Morgan fingerprint density at radius 1 is 1.04 bits per heavy atom. The average molecular weight is 381 g/mol. The van der Waals surface area contributed by atoms with Crippen LogP contribution in [-0.2, 0) is 0 Å². The molecule has 0 aliphatic carbocycles. The van der Waals surface area contributed by atoms with Gasteiger partial charge < -0.3 is 9.05 Å². The van der Waals surface area contributed by atoms with Crippen molar-refractivity contribution in [1.29, 1.82) is 0 Å². The van der Waals surface area contributed by atoms with Crippen molar-refractivity contribution in [2.24, 2.45) is 4.99 Å². The van der Waals surface area contributed by atoms with E-state index in [9.17, 15) is 0 Å². The van der Waals surface area contributed by atoms with E-state index < -0.39 is 0 Å². The molecule has 0 aromatic carbocycles. The lowest BCUT2D eigenvalue weighted by molar-refractivity contribution is 0.393.